The molecular formula is C14H16Br2ClN3. The number of rotatable bonds is 5. The molecule has 1 heterocycles. The predicted molar refractivity (Wildman–Crippen MR) is 90.3 cm³/mol. The van der Waals surface area contributed by atoms with Crippen molar-refractivity contribution in [1.29, 1.82) is 0 Å². The Hall–Kier alpha value is -0.360. The maximum atomic E-state index is 6.36. The predicted octanol–water partition coefficient (Wildman–Crippen LogP) is 4.78. The lowest BCUT2D eigenvalue weighted by Crippen LogP contribution is -2.22. The van der Waals surface area contributed by atoms with Crippen LogP contribution in [0.25, 0.3) is 0 Å². The minimum absolute atomic E-state index is 0.0107. The van der Waals surface area contributed by atoms with Gasteiger partial charge in [0.2, 0.25) is 0 Å². The molecule has 0 spiro atoms. The minimum Gasteiger partial charge on any atom is -0.308 e. The van der Waals surface area contributed by atoms with Gasteiger partial charge in [-0.2, -0.15) is 5.10 Å². The van der Waals surface area contributed by atoms with Gasteiger partial charge >= 0.3 is 0 Å². The maximum Gasteiger partial charge on any atom is 0.0772 e. The van der Waals surface area contributed by atoms with Crippen molar-refractivity contribution in [3.8, 4) is 0 Å². The van der Waals surface area contributed by atoms with Gasteiger partial charge in [-0.1, -0.05) is 34.5 Å². The highest BCUT2D eigenvalue weighted by Crippen LogP contribution is 2.34. The zero-order valence-electron chi connectivity index (χ0n) is 11.3. The third kappa shape index (κ3) is 3.27. The summed E-state index contributed by atoms with van der Waals surface area (Å²) >= 11 is 13.5. The summed E-state index contributed by atoms with van der Waals surface area (Å²) in [6.45, 7) is 3.02. The summed E-state index contributed by atoms with van der Waals surface area (Å²) in [6, 6.07) is 5.87. The molecule has 3 nitrogen and oxygen atoms in total. The molecule has 0 aliphatic carbocycles. The molecular weight excluding hydrogens is 405 g/mol. The first-order chi connectivity index (χ1) is 9.58. The Bertz CT molecular complexity index is 598. The highest BCUT2D eigenvalue weighted by Gasteiger charge is 2.22. The molecule has 1 aromatic heterocycles. The zero-order chi connectivity index (χ0) is 14.7. The average Bonchev–Trinajstić information content (AvgIpc) is 2.77. The normalized spacial score (nSPS) is 12.7. The van der Waals surface area contributed by atoms with Crippen molar-refractivity contribution in [3.63, 3.8) is 0 Å². The Labute approximate surface area is 141 Å². The fourth-order valence-corrected chi connectivity index (χ4v) is 3.35. The van der Waals surface area contributed by atoms with Crippen LogP contribution >= 0.6 is 43.5 Å². The van der Waals surface area contributed by atoms with E-state index in [-0.39, 0.29) is 6.04 Å². The maximum absolute atomic E-state index is 6.36. The molecule has 0 aliphatic rings. The van der Waals surface area contributed by atoms with Gasteiger partial charge < -0.3 is 5.32 Å². The molecule has 1 unspecified atom stereocenters. The van der Waals surface area contributed by atoms with Crippen molar-refractivity contribution in [2.75, 3.05) is 7.05 Å². The van der Waals surface area contributed by atoms with Crippen LogP contribution in [0, 0.1) is 0 Å². The molecule has 6 heteroatoms. The Morgan fingerprint density at radius 2 is 2.15 bits per heavy atom. The lowest BCUT2D eigenvalue weighted by molar-refractivity contribution is 0.533. The number of hydrogen-bond acceptors (Lipinski definition) is 2. The SMILES string of the molecule is CCCn1ncc(Br)c1C(NC)c1cc(Br)ccc1Cl. The van der Waals surface area contributed by atoms with Crippen molar-refractivity contribution in [3.05, 3.63) is 49.6 Å². The van der Waals surface area contributed by atoms with Crippen LogP contribution in [0.3, 0.4) is 0 Å². The fraction of sp³-hybridized carbons (Fsp3) is 0.357. The van der Waals surface area contributed by atoms with Crippen LogP contribution < -0.4 is 5.32 Å². The molecule has 2 rings (SSSR count). The van der Waals surface area contributed by atoms with Crippen LogP contribution in [0.4, 0.5) is 0 Å². The van der Waals surface area contributed by atoms with Gasteiger partial charge in [0.25, 0.3) is 0 Å². The first-order valence-corrected chi connectivity index (χ1v) is 8.38. The summed E-state index contributed by atoms with van der Waals surface area (Å²) < 4.78 is 4.01. The van der Waals surface area contributed by atoms with Gasteiger partial charge in [-0.25, -0.2) is 0 Å². The van der Waals surface area contributed by atoms with Crippen LogP contribution in [0.15, 0.2) is 33.3 Å². The van der Waals surface area contributed by atoms with Crippen LogP contribution in [-0.2, 0) is 6.54 Å². The quantitative estimate of drug-likeness (QED) is 0.753. The zero-order valence-corrected chi connectivity index (χ0v) is 15.3. The van der Waals surface area contributed by atoms with Gasteiger partial charge in [-0.15, -0.1) is 0 Å². The summed E-state index contributed by atoms with van der Waals surface area (Å²) in [4.78, 5) is 0. The molecule has 0 saturated carbocycles. The molecule has 108 valence electrons. The number of aryl methyl sites for hydroxylation is 1. The second-order valence-corrected chi connectivity index (χ2v) is 6.67. The second kappa shape index (κ2) is 7.07. The van der Waals surface area contributed by atoms with E-state index in [4.69, 9.17) is 11.6 Å². The smallest absolute Gasteiger partial charge is 0.0772 e. The Balaban J connectivity index is 2.52. The monoisotopic (exact) mass is 419 g/mol. The average molecular weight is 422 g/mol. The molecule has 0 radical (unpaired) electrons. The Morgan fingerprint density at radius 3 is 2.80 bits per heavy atom. The van der Waals surface area contributed by atoms with E-state index in [2.05, 4.69) is 49.2 Å². The lowest BCUT2D eigenvalue weighted by Gasteiger charge is -2.20. The first kappa shape index (κ1) is 16.0. The molecule has 1 N–H and O–H groups in total. The van der Waals surface area contributed by atoms with Crippen molar-refractivity contribution >= 4 is 43.5 Å². The van der Waals surface area contributed by atoms with Gasteiger partial charge in [0.05, 0.1) is 22.4 Å². The molecule has 0 aliphatic heterocycles. The number of halogens is 3. The van der Waals surface area contributed by atoms with Crippen LogP contribution in [0.2, 0.25) is 5.02 Å². The highest BCUT2D eigenvalue weighted by molar-refractivity contribution is 9.10. The minimum atomic E-state index is -0.0107. The van der Waals surface area contributed by atoms with Crippen LogP contribution in [0.5, 0.6) is 0 Å². The summed E-state index contributed by atoms with van der Waals surface area (Å²) in [5, 5.41) is 8.50. The van der Waals surface area contributed by atoms with E-state index in [0.717, 1.165) is 38.2 Å². The van der Waals surface area contributed by atoms with Crippen molar-refractivity contribution in [2.24, 2.45) is 0 Å². The Morgan fingerprint density at radius 1 is 1.40 bits per heavy atom. The van der Waals surface area contributed by atoms with Gasteiger partial charge in [0.1, 0.15) is 0 Å². The molecule has 2 aromatic rings. The third-order valence-corrected chi connectivity index (χ3v) is 4.55. The van der Waals surface area contributed by atoms with E-state index in [0.29, 0.717) is 0 Å². The summed E-state index contributed by atoms with van der Waals surface area (Å²) in [7, 11) is 1.93. The first-order valence-electron chi connectivity index (χ1n) is 6.41. The lowest BCUT2D eigenvalue weighted by atomic mass is 10.0. The third-order valence-electron chi connectivity index (χ3n) is 3.10. The summed E-state index contributed by atoms with van der Waals surface area (Å²) in [6.07, 6.45) is 2.87. The van der Waals surface area contributed by atoms with E-state index >= 15 is 0 Å². The van der Waals surface area contributed by atoms with Crippen molar-refractivity contribution in [1.82, 2.24) is 15.1 Å². The van der Waals surface area contributed by atoms with Crippen molar-refractivity contribution in [2.45, 2.75) is 25.9 Å². The fourth-order valence-electron chi connectivity index (χ4n) is 2.22. The number of nitrogens with zero attached hydrogens (tertiary/aromatic N) is 2. The van der Waals surface area contributed by atoms with Crippen molar-refractivity contribution < 1.29 is 0 Å². The topological polar surface area (TPSA) is 29.9 Å². The van der Waals surface area contributed by atoms with E-state index in [1.165, 1.54) is 0 Å². The molecule has 20 heavy (non-hydrogen) atoms. The van der Waals surface area contributed by atoms with Gasteiger partial charge in [-0.3, -0.25) is 4.68 Å². The van der Waals surface area contributed by atoms with Gasteiger partial charge in [0, 0.05) is 16.0 Å². The van der Waals surface area contributed by atoms with Gasteiger partial charge in [0.15, 0.2) is 0 Å². The van der Waals surface area contributed by atoms with E-state index in [1.54, 1.807) is 0 Å². The molecule has 0 fully saturated rings. The molecule has 0 saturated heterocycles. The molecule has 0 amide bonds. The van der Waals surface area contributed by atoms with E-state index < -0.39 is 0 Å². The number of hydrogen-bond donors (Lipinski definition) is 1. The molecule has 0 bridgehead atoms. The van der Waals surface area contributed by atoms with Crippen LogP contribution in [-0.4, -0.2) is 16.8 Å². The number of nitrogens with one attached hydrogen (secondary N) is 1. The van der Waals surface area contributed by atoms with E-state index in [9.17, 15) is 0 Å². The standard InChI is InChI=1S/C14H16Br2ClN3/c1-3-6-20-14(11(16)8-19-20)13(18-2)10-7-9(15)4-5-12(10)17/h4-5,7-8,13,18H,3,6H2,1-2H3. The second-order valence-electron chi connectivity index (χ2n) is 4.49. The summed E-state index contributed by atoms with van der Waals surface area (Å²) in [5.41, 5.74) is 2.12. The molecule has 1 atom stereocenters. The van der Waals surface area contributed by atoms with Crippen LogP contribution in [0.1, 0.15) is 30.6 Å². The highest BCUT2D eigenvalue weighted by atomic mass is 79.9. The number of aromatic nitrogens is 2. The Kier molecular flexibility index (Phi) is 5.66. The largest absolute Gasteiger partial charge is 0.308 e. The van der Waals surface area contributed by atoms with E-state index in [1.807, 2.05) is 36.1 Å². The summed E-state index contributed by atoms with van der Waals surface area (Å²) in [5.74, 6) is 0. The van der Waals surface area contributed by atoms with Gasteiger partial charge in [-0.05, 0) is 53.2 Å². The number of benzene rings is 1. The molecule has 1 aromatic carbocycles.